The number of fused-ring (bicyclic) bond motifs is 3. The SMILES string of the molecule is COC(=O)N[C@H](C(=O)N1CCC[C@H]1c1nc2ccc(-c3cc4sc(-c5ccc6nc([C@@H]7CCCN7C(=O)[C@H](NC(=O)OC)C(C)C)[nH]c6c5)cc4s3)cc2[nH]1)C(C)C. The van der Waals surface area contributed by atoms with Gasteiger partial charge in [0.15, 0.2) is 0 Å². The summed E-state index contributed by atoms with van der Waals surface area (Å²) in [5.41, 5.74) is 5.68. The monoisotopic (exact) mass is 824 g/mol. The van der Waals surface area contributed by atoms with Gasteiger partial charge in [-0.1, -0.05) is 39.8 Å². The van der Waals surface area contributed by atoms with Crippen molar-refractivity contribution in [3.63, 3.8) is 0 Å². The molecular weight excluding hydrogens is 777 g/mol. The molecule has 14 nitrogen and oxygen atoms in total. The van der Waals surface area contributed by atoms with Crippen LogP contribution in [0.25, 0.3) is 52.3 Å². The first kappa shape index (κ1) is 39.4. The van der Waals surface area contributed by atoms with Crippen molar-refractivity contribution < 1.29 is 28.7 Å². The van der Waals surface area contributed by atoms with Crippen LogP contribution in [0.4, 0.5) is 9.59 Å². The third-order valence-corrected chi connectivity index (χ3v) is 13.7. The molecule has 8 rings (SSSR count). The number of nitrogens with zero attached hydrogens (tertiary/aromatic N) is 4. The van der Waals surface area contributed by atoms with Crippen molar-refractivity contribution in [1.29, 1.82) is 0 Å². The molecule has 2 aliphatic heterocycles. The van der Waals surface area contributed by atoms with E-state index in [4.69, 9.17) is 19.4 Å². The van der Waals surface area contributed by atoms with Crippen molar-refractivity contribution in [1.82, 2.24) is 40.4 Å². The van der Waals surface area contributed by atoms with Crippen molar-refractivity contribution >= 4 is 78.1 Å². The van der Waals surface area contributed by atoms with Crippen molar-refractivity contribution in [3.05, 3.63) is 60.2 Å². The summed E-state index contributed by atoms with van der Waals surface area (Å²) in [6, 6.07) is 15.2. The maximum Gasteiger partial charge on any atom is 0.407 e. The topological polar surface area (TPSA) is 175 Å². The molecule has 304 valence electrons. The van der Waals surface area contributed by atoms with Crippen LogP contribution in [0, 0.1) is 11.8 Å². The van der Waals surface area contributed by atoms with Crippen molar-refractivity contribution in [2.45, 2.75) is 77.5 Å². The van der Waals surface area contributed by atoms with Gasteiger partial charge in [-0.3, -0.25) is 9.59 Å². The number of carbonyl (C=O) groups excluding carboxylic acids is 4. The summed E-state index contributed by atoms with van der Waals surface area (Å²) in [5, 5.41) is 5.43. The summed E-state index contributed by atoms with van der Waals surface area (Å²) < 4.78 is 12.0. The van der Waals surface area contributed by atoms with Crippen LogP contribution in [0.3, 0.4) is 0 Å². The summed E-state index contributed by atoms with van der Waals surface area (Å²) in [5.74, 6) is 1.03. The molecule has 4 atom stereocenters. The first-order chi connectivity index (χ1) is 27.9. The summed E-state index contributed by atoms with van der Waals surface area (Å²) in [4.78, 5) is 74.1. The van der Waals surface area contributed by atoms with Crippen molar-refractivity contribution in [3.8, 4) is 20.9 Å². The molecule has 0 bridgehead atoms. The molecule has 4 N–H and O–H groups in total. The molecule has 58 heavy (non-hydrogen) atoms. The summed E-state index contributed by atoms with van der Waals surface area (Å²) >= 11 is 3.49. The van der Waals surface area contributed by atoms with E-state index in [0.29, 0.717) is 13.1 Å². The molecule has 6 aromatic rings. The van der Waals surface area contributed by atoms with Crippen LogP contribution in [-0.4, -0.2) is 93.1 Å². The van der Waals surface area contributed by atoms with E-state index in [1.165, 1.54) is 23.6 Å². The molecular formula is C42H48N8O6S2. The second-order valence-corrected chi connectivity index (χ2v) is 17.9. The highest BCUT2D eigenvalue weighted by Crippen LogP contribution is 2.43. The number of ether oxygens (including phenoxy) is 2. The lowest BCUT2D eigenvalue weighted by Gasteiger charge is -2.29. The molecule has 4 aromatic heterocycles. The van der Waals surface area contributed by atoms with Crippen LogP contribution in [0.2, 0.25) is 0 Å². The number of hydrogen-bond acceptors (Lipinski definition) is 10. The van der Waals surface area contributed by atoms with Crippen LogP contribution >= 0.6 is 22.7 Å². The minimum absolute atomic E-state index is 0.104. The lowest BCUT2D eigenvalue weighted by molar-refractivity contribution is -0.136. The third kappa shape index (κ3) is 7.50. The first-order valence-corrected chi connectivity index (χ1v) is 21.4. The van der Waals surface area contributed by atoms with Crippen LogP contribution in [0.1, 0.15) is 77.1 Å². The molecule has 0 spiro atoms. The standard InChI is InChI=1S/C42H48N8O6S2/c1-21(2)35(47-41(53)55-5)39(51)49-15-7-9-29(49)37-43-25-13-11-23(17-27(25)45-37)31-19-33-34(57-31)20-32(58-33)24-12-14-26-28(18-24)46-38(44-26)30-10-8-16-50(30)40(52)36(22(3)4)48-42(54)56-6/h11-14,17-22,29-30,35-36H,7-10,15-16H2,1-6H3,(H,43,45)(H,44,46)(H,47,53)(H,48,54)/t29-,30-,35-,36+/m0/s1. The van der Waals surface area contributed by atoms with Crippen LogP contribution in [-0.2, 0) is 19.1 Å². The largest absolute Gasteiger partial charge is 0.453 e. The zero-order valence-electron chi connectivity index (χ0n) is 33.4. The Morgan fingerprint density at radius 1 is 0.672 bits per heavy atom. The maximum atomic E-state index is 13.6. The highest BCUT2D eigenvalue weighted by atomic mass is 32.1. The Morgan fingerprint density at radius 3 is 1.47 bits per heavy atom. The minimum atomic E-state index is -0.687. The molecule has 2 saturated heterocycles. The zero-order chi connectivity index (χ0) is 40.8. The number of nitrogens with one attached hydrogen (secondary N) is 4. The van der Waals surface area contributed by atoms with E-state index in [-0.39, 0.29) is 35.7 Å². The molecule has 0 unspecified atom stereocenters. The number of amides is 4. The van der Waals surface area contributed by atoms with Gasteiger partial charge >= 0.3 is 12.2 Å². The van der Waals surface area contributed by atoms with Gasteiger partial charge in [0.05, 0.1) is 48.4 Å². The van der Waals surface area contributed by atoms with E-state index in [2.05, 4.69) is 57.0 Å². The number of H-pyrrole nitrogens is 2. The predicted molar refractivity (Wildman–Crippen MR) is 226 cm³/mol. The van der Waals surface area contributed by atoms with E-state index >= 15 is 0 Å². The number of benzene rings is 2. The number of hydrogen-bond donors (Lipinski definition) is 4. The summed E-state index contributed by atoms with van der Waals surface area (Å²) in [7, 11) is 2.59. The Labute approximate surface area is 343 Å². The van der Waals surface area contributed by atoms with Crippen LogP contribution in [0.15, 0.2) is 48.5 Å². The number of methoxy groups -OCH3 is 2. The second kappa shape index (κ2) is 16.0. The van der Waals surface area contributed by atoms with Crippen LogP contribution in [0.5, 0.6) is 0 Å². The van der Waals surface area contributed by atoms with Crippen molar-refractivity contribution in [2.24, 2.45) is 11.8 Å². The number of alkyl carbamates (subject to hydrolysis) is 2. The van der Waals surface area contributed by atoms with Gasteiger partial charge in [0.1, 0.15) is 23.7 Å². The molecule has 0 aliphatic carbocycles. The number of rotatable bonds is 10. The highest BCUT2D eigenvalue weighted by Gasteiger charge is 2.39. The van der Waals surface area contributed by atoms with Crippen molar-refractivity contribution in [2.75, 3.05) is 27.3 Å². The number of aromatic nitrogens is 4. The normalized spacial score (nSPS) is 18.1. The predicted octanol–water partition coefficient (Wildman–Crippen LogP) is 8.14. The lowest BCUT2D eigenvalue weighted by atomic mass is 10.0. The Bertz CT molecular complexity index is 2320. The smallest absolute Gasteiger partial charge is 0.407 e. The third-order valence-electron chi connectivity index (χ3n) is 11.3. The number of carbonyl (C=O) groups is 4. The Balaban J connectivity index is 0.987. The fraction of sp³-hybridized carbons (Fsp3) is 0.429. The average molecular weight is 825 g/mol. The Kier molecular flexibility index (Phi) is 10.9. The van der Waals surface area contributed by atoms with E-state index in [1.54, 1.807) is 22.7 Å². The van der Waals surface area contributed by atoms with E-state index in [9.17, 15) is 19.2 Å². The van der Waals surface area contributed by atoms with Gasteiger partial charge < -0.3 is 39.9 Å². The number of aromatic amines is 2. The highest BCUT2D eigenvalue weighted by molar-refractivity contribution is 7.31. The fourth-order valence-electron chi connectivity index (χ4n) is 8.19. The number of thiophene rings is 2. The lowest BCUT2D eigenvalue weighted by Crippen LogP contribution is -2.51. The molecule has 2 fully saturated rings. The maximum absolute atomic E-state index is 13.6. The van der Waals surface area contributed by atoms with Gasteiger partial charge in [0.2, 0.25) is 11.8 Å². The van der Waals surface area contributed by atoms with Gasteiger partial charge in [0.25, 0.3) is 0 Å². The zero-order valence-corrected chi connectivity index (χ0v) is 35.0. The second-order valence-electron chi connectivity index (χ2n) is 15.8. The number of likely N-dealkylation sites (tertiary alicyclic amines) is 2. The van der Waals surface area contributed by atoms with Gasteiger partial charge in [-0.05, 0) is 85.0 Å². The molecule has 0 saturated carbocycles. The van der Waals surface area contributed by atoms with Gasteiger partial charge in [0, 0.05) is 32.2 Å². The van der Waals surface area contributed by atoms with E-state index in [1.807, 2.05) is 49.6 Å². The molecule has 2 aromatic carbocycles. The quantitative estimate of drug-likeness (QED) is 0.107. The Morgan fingerprint density at radius 2 is 1.09 bits per heavy atom. The van der Waals surface area contributed by atoms with E-state index < -0.39 is 24.3 Å². The van der Waals surface area contributed by atoms with Crippen LogP contribution < -0.4 is 10.6 Å². The van der Waals surface area contributed by atoms with Gasteiger partial charge in [-0.15, -0.1) is 22.7 Å². The summed E-state index contributed by atoms with van der Waals surface area (Å²) in [6.07, 6.45) is 2.04. The first-order valence-electron chi connectivity index (χ1n) is 19.8. The van der Waals surface area contributed by atoms with Gasteiger partial charge in [-0.2, -0.15) is 0 Å². The molecule has 0 radical (unpaired) electrons. The fourth-order valence-corrected chi connectivity index (χ4v) is 10.6. The molecule has 4 amide bonds. The molecule has 16 heteroatoms. The molecule has 2 aliphatic rings. The average Bonchev–Trinajstić information content (AvgIpc) is 4.06. The minimum Gasteiger partial charge on any atom is -0.453 e. The summed E-state index contributed by atoms with van der Waals surface area (Å²) in [6.45, 7) is 8.84. The van der Waals surface area contributed by atoms with E-state index in [0.717, 1.165) is 80.3 Å². The Hall–Kier alpha value is -5.48. The molecule has 6 heterocycles. The number of imidazole rings is 2. The van der Waals surface area contributed by atoms with Gasteiger partial charge in [-0.25, -0.2) is 19.6 Å².